The van der Waals surface area contributed by atoms with Crippen molar-refractivity contribution < 1.29 is 0 Å². The van der Waals surface area contributed by atoms with Crippen LogP contribution in [0.4, 0.5) is 0 Å². The Morgan fingerprint density at radius 1 is 1.10 bits per heavy atom. The molecule has 0 aliphatic rings. The van der Waals surface area contributed by atoms with Crippen LogP contribution in [0.3, 0.4) is 0 Å². The fraction of sp³-hybridized carbons (Fsp3) is 0.667. The van der Waals surface area contributed by atoms with E-state index in [2.05, 4.69) is 69.2 Å². The Bertz CT molecular complexity index is 388. The fourth-order valence-corrected chi connectivity index (χ4v) is 2.55. The maximum atomic E-state index is 5.72. The first-order valence-electron chi connectivity index (χ1n) is 8.18. The highest BCUT2D eigenvalue weighted by Gasteiger charge is 2.14. The van der Waals surface area contributed by atoms with Gasteiger partial charge in [-0.05, 0) is 49.0 Å². The van der Waals surface area contributed by atoms with E-state index in [1.54, 1.807) is 0 Å². The van der Waals surface area contributed by atoms with Crippen LogP contribution in [-0.4, -0.2) is 30.6 Å². The van der Waals surface area contributed by atoms with Gasteiger partial charge < -0.3 is 4.90 Å². The molecule has 120 valence electrons. The highest BCUT2D eigenvalue weighted by molar-refractivity contribution is 5.27. The lowest BCUT2D eigenvalue weighted by atomic mass is 9.86. The molecule has 1 atom stereocenters. The van der Waals surface area contributed by atoms with Gasteiger partial charge in [0.1, 0.15) is 0 Å². The van der Waals surface area contributed by atoms with Gasteiger partial charge in [-0.2, -0.15) is 0 Å². The van der Waals surface area contributed by atoms with E-state index >= 15 is 0 Å². The third kappa shape index (κ3) is 6.16. The molecular weight excluding hydrogens is 258 g/mol. The van der Waals surface area contributed by atoms with E-state index in [1.807, 2.05) is 0 Å². The maximum Gasteiger partial charge on any atom is 0.0263 e. The topological polar surface area (TPSA) is 41.3 Å². The van der Waals surface area contributed by atoms with Crippen molar-refractivity contribution in [3.8, 4) is 0 Å². The molecule has 0 radical (unpaired) electrons. The van der Waals surface area contributed by atoms with Crippen LogP contribution in [0.2, 0.25) is 0 Å². The van der Waals surface area contributed by atoms with Crippen molar-refractivity contribution in [1.29, 1.82) is 0 Å². The molecular formula is C18H33N3. The predicted molar refractivity (Wildman–Crippen MR) is 92.4 cm³/mol. The normalized spacial score (nSPS) is 13.7. The van der Waals surface area contributed by atoms with Crippen molar-refractivity contribution in [1.82, 2.24) is 10.3 Å². The molecule has 0 amide bonds. The van der Waals surface area contributed by atoms with Gasteiger partial charge in [0, 0.05) is 6.04 Å². The highest BCUT2D eigenvalue weighted by atomic mass is 15.2. The SMILES string of the molecule is CCN(CC)CCC(Cc1ccc(C(C)(C)C)cc1)NN. The van der Waals surface area contributed by atoms with Crippen LogP contribution in [-0.2, 0) is 11.8 Å². The Balaban J connectivity index is 2.57. The number of nitrogens with zero attached hydrogens (tertiary/aromatic N) is 1. The lowest BCUT2D eigenvalue weighted by Gasteiger charge is -2.23. The monoisotopic (exact) mass is 291 g/mol. The van der Waals surface area contributed by atoms with Crippen LogP contribution in [0, 0.1) is 0 Å². The molecule has 1 aromatic carbocycles. The van der Waals surface area contributed by atoms with E-state index in [0.29, 0.717) is 6.04 Å². The molecule has 21 heavy (non-hydrogen) atoms. The molecule has 0 bridgehead atoms. The molecule has 1 rings (SSSR count). The van der Waals surface area contributed by atoms with E-state index < -0.39 is 0 Å². The standard InChI is InChI=1S/C18H33N3/c1-6-21(7-2)13-12-17(20-19)14-15-8-10-16(11-9-15)18(3,4)5/h8-11,17,20H,6-7,12-14,19H2,1-5H3. The minimum absolute atomic E-state index is 0.215. The highest BCUT2D eigenvalue weighted by Crippen LogP contribution is 2.22. The molecule has 0 saturated carbocycles. The van der Waals surface area contributed by atoms with Crippen LogP contribution in [0.1, 0.15) is 52.2 Å². The third-order valence-corrected chi connectivity index (χ3v) is 4.23. The molecule has 0 spiro atoms. The molecule has 0 aliphatic heterocycles. The Morgan fingerprint density at radius 3 is 2.10 bits per heavy atom. The van der Waals surface area contributed by atoms with E-state index in [1.165, 1.54) is 11.1 Å². The summed E-state index contributed by atoms with van der Waals surface area (Å²) in [4.78, 5) is 2.44. The second-order valence-corrected chi connectivity index (χ2v) is 6.83. The van der Waals surface area contributed by atoms with Crippen molar-refractivity contribution >= 4 is 0 Å². The molecule has 3 nitrogen and oxygen atoms in total. The van der Waals surface area contributed by atoms with Crippen LogP contribution in [0.25, 0.3) is 0 Å². The summed E-state index contributed by atoms with van der Waals surface area (Å²) in [7, 11) is 0. The molecule has 3 N–H and O–H groups in total. The number of benzene rings is 1. The van der Waals surface area contributed by atoms with Crippen molar-refractivity contribution in [3.05, 3.63) is 35.4 Å². The summed E-state index contributed by atoms with van der Waals surface area (Å²) in [6.07, 6.45) is 2.07. The van der Waals surface area contributed by atoms with E-state index in [4.69, 9.17) is 5.84 Å². The number of rotatable bonds is 8. The first-order valence-corrected chi connectivity index (χ1v) is 8.18. The quantitative estimate of drug-likeness (QED) is 0.571. The van der Waals surface area contributed by atoms with Crippen LogP contribution in [0.15, 0.2) is 24.3 Å². The van der Waals surface area contributed by atoms with Gasteiger partial charge in [0.25, 0.3) is 0 Å². The molecule has 0 fully saturated rings. The summed E-state index contributed by atoms with van der Waals surface area (Å²) in [5.41, 5.74) is 5.92. The minimum atomic E-state index is 0.215. The van der Waals surface area contributed by atoms with Crippen molar-refractivity contribution in [2.75, 3.05) is 19.6 Å². The summed E-state index contributed by atoms with van der Waals surface area (Å²) in [5.74, 6) is 5.72. The largest absolute Gasteiger partial charge is 0.304 e. The number of hydrogen-bond donors (Lipinski definition) is 2. The second-order valence-electron chi connectivity index (χ2n) is 6.83. The summed E-state index contributed by atoms with van der Waals surface area (Å²) in [5, 5.41) is 0. The zero-order valence-electron chi connectivity index (χ0n) is 14.4. The summed E-state index contributed by atoms with van der Waals surface area (Å²) >= 11 is 0. The first-order chi connectivity index (χ1) is 9.90. The molecule has 0 heterocycles. The van der Waals surface area contributed by atoms with Gasteiger partial charge in [0.2, 0.25) is 0 Å². The van der Waals surface area contributed by atoms with Crippen molar-refractivity contribution in [2.24, 2.45) is 5.84 Å². The first kappa shape index (κ1) is 18.1. The Hall–Kier alpha value is -0.900. The number of hydrazine groups is 1. The van der Waals surface area contributed by atoms with Gasteiger partial charge in [-0.3, -0.25) is 11.3 Å². The summed E-state index contributed by atoms with van der Waals surface area (Å²) < 4.78 is 0. The van der Waals surface area contributed by atoms with Gasteiger partial charge in [-0.15, -0.1) is 0 Å². The minimum Gasteiger partial charge on any atom is -0.304 e. The average molecular weight is 291 g/mol. The van der Waals surface area contributed by atoms with Crippen LogP contribution >= 0.6 is 0 Å². The zero-order chi connectivity index (χ0) is 15.9. The molecule has 1 unspecified atom stereocenters. The smallest absolute Gasteiger partial charge is 0.0263 e. The maximum absolute atomic E-state index is 5.72. The molecule has 0 aliphatic carbocycles. The second kappa shape index (κ2) is 8.52. The number of hydrogen-bond acceptors (Lipinski definition) is 3. The predicted octanol–water partition coefficient (Wildman–Crippen LogP) is 3.09. The van der Waals surface area contributed by atoms with Gasteiger partial charge in [-0.1, -0.05) is 58.9 Å². The fourth-order valence-electron chi connectivity index (χ4n) is 2.55. The Kier molecular flexibility index (Phi) is 7.36. The molecule has 0 saturated heterocycles. The van der Waals surface area contributed by atoms with Gasteiger partial charge in [0.05, 0.1) is 0 Å². The van der Waals surface area contributed by atoms with Crippen molar-refractivity contribution in [3.63, 3.8) is 0 Å². The van der Waals surface area contributed by atoms with E-state index in [-0.39, 0.29) is 5.41 Å². The van der Waals surface area contributed by atoms with Gasteiger partial charge >= 0.3 is 0 Å². The summed E-state index contributed by atoms with van der Waals surface area (Å²) in [6.45, 7) is 14.5. The average Bonchev–Trinajstić information content (AvgIpc) is 2.46. The Labute approximate surface area is 130 Å². The van der Waals surface area contributed by atoms with Crippen molar-refractivity contribution in [2.45, 2.75) is 58.9 Å². The van der Waals surface area contributed by atoms with E-state index in [0.717, 1.165) is 32.5 Å². The lowest BCUT2D eigenvalue weighted by Crippen LogP contribution is -2.39. The van der Waals surface area contributed by atoms with Crippen LogP contribution in [0.5, 0.6) is 0 Å². The third-order valence-electron chi connectivity index (χ3n) is 4.23. The Morgan fingerprint density at radius 2 is 1.67 bits per heavy atom. The molecule has 3 heteroatoms. The van der Waals surface area contributed by atoms with Gasteiger partial charge in [-0.25, -0.2) is 0 Å². The summed E-state index contributed by atoms with van der Waals surface area (Å²) in [6, 6.07) is 9.30. The molecule has 1 aromatic rings. The van der Waals surface area contributed by atoms with Gasteiger partial charge in [0.15, 0.2) is 0 Å². The lowest BCUT2D eigenvalue weighted by molar-refractivity contribution is 0.281. The van der Waals surface area contributed by atoms with E-state index in [9.17, 15) is 0 Å². The number of nitrogens with two attached hydrogens (primary N) is 1. The zero-order valence-corrected chi connectivity index (χ0v) is 14.4. The van der Waals surface area contributed by atoms with Crippen LogP contribution < -0.4 is 11.3 Å². The number of nitrogens with one attached hydrogen (secondary N) is 1. The molecule has 0 aromatic heterocycles.